The quantitative estimate of drug-likeness (QED) is 0.696. The summed E-state index contributed by atoms with van der Waals surface area (Å²) in [6.45, 7) is 0.299. The summed E-state index contributed by atoms with van der Waals surface area (Å²) in [5.74, 6) is -1.08. The molecule has 1 aromatic heterocycles. The number of benzene rings is 2. The van der Waals surface area contributed by atoms with Crippen molar-refractivity contribution in [2.45, 2.75) is 6.54 Å². The van der Waals surface area contributed by atoms with Gasteiger partial charge in [0, 0.05) is 12.1 Å². The van der Waals surface area contributed by atoms with Crippen molar-refractivity contribution in [1.29, 1.82) is 0 Å². The van der Waals surface area contributed by atoms with Gasteiger partial charge in [0.25, 0.3) is 5.91 Å². The third-order valence-electron chi connectivity index (χ3n) is 3.66. The van der Waals surface area contributed by atoms with Gasteiger partial charge < -0.3 is 10.1 Å². The molecule has 1 N–H and O–H groups in total. The van der Waals surface area contributed by atoms with Crippen molar-refractivity contribution in [1.82, 2.24) is 10.3 Å². The number of ether oxygens (including phenoxy) is 1. The summed E-state index contributed by atoms with van der Waals surface area (Å²) in [6, 6.07) is 13.1. The first-order chi connectivity index (χ1) is 12.6. The normalized spacial score (nSPS) is 10.4. The van der Waals surface area contributed by atoms with E-state index in [9.17, 15) is 14.0 Å². The molecule has 0 unspecified atom stereocenters. The van der Waals surface area contributed by atoms with Crippen molar-refractivity contribution in [2.75, 3.05) is 7.11 Å². The molecule has 0 atom stereocenters. The molecular formula is C19H15FN2O3S. The Hall–Kier alpha value is -3.06. The molecule has 26 heavy (non-hydrogen) atoms. The van der Waals surface area contributed by atoms with Crippen LogP contribution in [0.5, 0.6) is 0 Å². The standard InChI is InChI=1S/C19H15FN2O3S/c1-25-19(24)13-8-6-12(7-9-13)10-21-17(23)16-11-22-18(26-16)14-4-2-3-5-15(14)20/h2-9,11H,10H2,1H3,(H,21,23). The van der Waals surface area contributed by atoms with Gasteiger partial charge in [-0.3, -0.25) is 4.79 Å². The highest BCUT2D eigenvalue weighted by Gasteiger charge is 2.14. The molecule has 1 heterocycles. The predicted molar refractivity (Wildman–Crippen MR) is 96.5 cm³/mol. The summed E-state index contributed by atoms with van der Waals surface area (Å²) in [5, 5.41) is 3.23. The minimum Gasteiger partial charge on any atom is -0.465 e. The van der Waals surface area contributed by atoms with Gasteiger partial charge in [-0.25, -0.2) is 14.2 Å². The van der Waals surface area contributed by atoms with E-state index >= 15 is 0 Å². The highest BCUT2D eigenvalue weighted by atomic mass is 32.1. The molecule has 0 fully saturated rings. The number of carbonyl (C=O) groups excluding carboxylic acids is 2. The number of rotatable bonds is 5. The molecule has 1 amide bonds. The number of esters is 1. The van der Waals surface area contributed by atoms with Crippen LogP contribution < -0.4 is 5.32 Å². The van der Waals surface area contributed by atoms with Crippen molar-refractivity contribution < 1.29 is 18.7 Å². The topological polar surface area (TPSA) is 68.3 Å². The highest BCUT2D eigenvalue weighted by molar-refractivity contribution is 7.16. The first kappa shape index (κ1) is 17.8. The Balaban J connectivity index is 1.64. The number of hydrogen-bond donors (Lipinski definition) is 1. The molecule has 132 valence electrons. The molecule has 0 spiro atoms. The van der Waals surface area contributed by atoms with Crippen molar-refractivity contribution >= 4 is 23.2 Å². The average molecular weight is 370 g/mol. The van der Waals surface area contributed by atoms with E-state index in [-0.39, 0.29) is 11.7 Å². The smallest absolute Gasteiger partial charge is 0.337 e. The number of aromatic nitrogens is 1. The van der Waals surface area contributed by atoms with Crippen molar-refractivity contribution in [2.24, 2.45) is 0 Å². The monoisotopic (exact) mass is 370 g/mol. The molecule has 0 saturated heterocycles. The molecule has 0 aliphatic heterocycles. The number of methoxy groups -OCH3 is 1. The fourth-order valence-corrected chi connectivity index (χ4v) is 3.14. The molecule has 0 bridgehead atoms. The zero-order valence-corrected chi connectivity index (χ0v) is 14.7. The lowest BCUT2D eigenvalue weighted by Gasteiger charge is -2.05. The molecule has 0 aliphatic rings. The molecule has 3 rings (SSSR count). The van der Waals surface area contributed by atoms with Crippen LogP contribution in [0.3, 0.4) is 0 Å². The predicted octanol–water partition coefficient (Wildman–Crippen LogP) is 3.67. The molecule has 0 aliphatic carbocycles. The van der Waals surface area contributed by atoms with Crippen LogP contribution in [-0.4, -0.2) is 24.0 Å². The number of nitrogens with one attached hydrogen (secondary N) is 1. The Morgan fingerprint density at radius 2 is 1.88 bits per heavy atom. The molecule has 0 radical (unpaired) electrons. The van der Waals surface area contributed by atoms with E-state index in [1.165, 1.54) is 19.4 Å². The second kappa shape index (κ2) is 7.88. The van der Waals surface area contributed by atoms with Gasteiger partial charge in [0.15, 0.2) is 0 Å². The lowest BCUT2D eigenvalue weighted by Crippen LogP contribution is -2.21. The SMILES string of the molecule is COC(=O)c1ccc(CNC(=O)c2cnc(-c3ccccc3F)s2)cc1. The Morgan fingerprint density at radius 1 is 1.15 bits per heavy atom. The van der Waals surface area contributed by atoms with Crippen LogP contribution in [0.1, 0.15) is 25.6 Å². The molecule has 3 aromatic rings. The Kier molecular flexibility index (Phi) is 5.38. The lowest BCUT2D eigenvalue weighted by atomic mass is 10.1. The average Bonchev–Trinajstić information content (AvgIpc) is 3.16. The van der Waals surface area contributed by atoms with Crippen molar-refractivity contribution in [3.05, 3.63) is 76.5 Å². The van der Waals surface area contributed by atoms with Gasteiger partial charge in [0.05, 0.1) is 18.9 Å². The summed E-state index contributed by atoms with van der Waals surface area (Å²) in [4.78, 5) is 28.2. The van der Waals surface area contributed by atoms with Crippen molar-refractivity contribution in [3.8, 4) is 10.6 Å². The number of hydrogen-bond acceptors (Lipinski definition) is 5. The minimum absolute atomic E-state index is 0.290. The maximum atomic E-state index is 13.8. The van der Waals surface area contributed by atoms with Gasteiger partial charge in [0.1, 0.15) is 15.7 Å². The van der Waals surface area contributed by atoms with E-state index in [2.05, 4.69) is 15.0 Å². The molecular weight excluding hydrogens is 355 g/mol. The second-order valence-corrected chi connectivity index (χ2v) is 6.41. The third kappa shape index (κ3) is 3.94. The molecule has 2 aromatic carbocycles. The third-order valence-corrected chi connectivity index (χ3v) is 4.69. The molecule has 7 heteroatoms. The Labute approximate surface area is 153 Å². The van der Waals surface area contributed by atoms with Crippen LogP contribution in [0, 0.1) is 5.82 Å². The summed E-state index contributed by atoms with van der Waals surface area (Å²) >= 11 is 1.13. The number of thiazole rings is 1. The lowest BCUT2D eigenvalue weighted by molar-refractivity contribution is 0.0600. The van der Waals surface area contributed by atoms with E-state index in [0.29, 0.717) is 27.6 Å². The van der Waals surface area contributed by atoms with Crippen molar-refractivity contribution in [3.63, 3.8) is 0 Å². The van der Waals surface area contributed by atoms with Crippen LogP contribution in [0.2, 0.25) is 0 Å². The summed E-state index contributed by atoms with van der Waals surface area (Å²) in [7, 11) is 1.32. The van der Waals surface area contributed by atoms with E-state index in [1.54, 1.807) is 42.5 Å². The van der Waals surface area contributed by atoms with Crippen LogP contribution in [-0.2, 0) is 11.3 Å². The number of amides is 1. The summed E-state index contributed by atoms with van der Waals surface area (Å²) < 4.78 is 18.4. The number of nitrogens with zero attached hydrogens (tertiary/aromatic N) is 1. The van der Waals surface area contributed by atoms with Gasteiger partial charge in [-0.05, 0) is 29.8 Å². The van der Waals surface area contributed by atoms with E-state index in [4.69, 9.17) is 0 Å². The Morgan fingerprint density at radius 3 is 2.58 bits per heavy atom. The first-order valence-electron chi connectivity index (χ1n) is 7.74. The van der Waals surface area contributed by atoms with E-state index < -0.39 is 5.97 Å². The Bertz CT molecular complexity index is 938. The zero-order chi connectivity index (χ0) is 18.5. The van der Waals surface area contributed by atoms with Gasteiger partial charge in [-0.15, -0.1) is 11.3 Å². The molecule has 0 saturated carbocycles. The maximum absolute atomic E-state index is 13.8. The first-order valence-corrected chi connectivity index (χ1v) is 8.56. The van der Waals surface area contributed by atoms with E-state index in [0.717, 1.165) is 16.9 Å². The summed E-state index contributed by atoms with van der Waals surface area (Å²) in [5.41, 5.74) is 1.65. The van der Waals surface area contributed by atoms with Crippen LogP contribution >= 0.6 is 11.3 Å². The van der Waals surface area contributed by atoms with Gasteiger partial charge in [-0.1, -0.05) is 24.3 Å². The molecule has 5 nitrogen and oxygen atoms in total. The van der Waals surface area contributed by atoms with Gasteiger partial charge >= 0.3 is 5.97 Å². The highest BCUT2D eigenvalue weighted by Crippen LogP contribution is 2.27. The van der Waals surface area contributed by atoms with Crippen LogP contribution in [0.25, 0.3) is 10.6 Å². The van der Waals surface area contributed by atoms with E-state index in [1.807, 2.05) is 0 Å². The largest absolute Gasteiger partial charge is 0.465 e. The number of halogens is 1. The van der Waals surface area contributed by atoms with Crippen LogP contribution in [0.4, 0.5) is 4.39 Å². The fourth-order valence-electron chi connectivity index (χ4n) is 2.28. The van der Waals surface area contributed by atoms with Gasteiger partial charge in [0.2, 0.25) is 0 Å². The van der Waals surface area contributed by atoms with Gasteiger partial charge in [-0.2, -0.15) is 0 Å². The minimum atomic E-state index is -0.411. The maximum Gasteiger partial charge on any atom is 0.337 e. The summed E-state index contributed by atoms with van der Waals surface area (Å²) in [6.07, 6.45) is 1.43. The second-order valence-electron chi connectivity index (χ2n) is 5.38. The van der Waals surface area contributed by atoms with Crippen LogP contribution in [0.15, 0.2) is 54.7 Å². The fraction of sp³-hybridized carbons (Fsp3) is 0.105. The number of carbonyl (C=O) groups is 2. The zero-order valence-electron chi connectivity index (χ0n) is 13.9.